The van der Waals surface area contributed by atoms with Gasteiger partial charge in [-0.1, -0.05) is 155 Å². The molecule has 0 aromatic rings. The summed E-state index contributed by atoms with van der Waals surface area (Å²) in [4.78, 5) is 0. The number of hydrogen-bond donors (Lipinski definition) is 5. The first-order valence-corrected chi connectivity index (χ1v) is 20.2. The van der Waals surface area contributed by atoms with Crippen molar-refractivity contribution in [2.75, 3.05) is 32.8 Å². The first-order chi connectivity index (χ1) is 22.5. The molecule has 6 atom stereocenters. The predicted octanol–water partition coefficient (Wildman–Crippen LogP) is 8.17. The van der Waals surface area contributed by atoms with Crippen molar-refractivity contribution in [1.82, 2.24) is 0 Å². The summed E-state index contributed by atoms with van der Waals surface area (Å²) in [7, 11) is 0. The second kappa shape index (κ2) is 29.6. The van der Waals surface area contributed by atoms with Gasteiger partial charge in [-0.25, -0.2) is 0 Å². The molecular weight excluding hydrogens is 578 g/mol. The Morgan fingerprint density at radius 3 is 1.07 bits per heavy atom. The second-order valence-electron chi connectivity index (χ2n) is 14.7. The third-order valence-corrected chi connectivity index (χ3v) is 10.6. The Labute approximate surface area is 285 Å². The highest BCUT2D eigenvalue weighted by Gasteiger charge is 2.52. The molecule has 1 rings (SSSR count). The predicted molar refractivity (Wildman–Crippen MR) is 192 cm³/mol. The molecule has 1 aliphatic heterocycles. The summed E-state index contributed by atoms with van der Waals surface area (Å²) in [5.74, 6) is 0. The van der Waals surface area contributed by atoms with Gasteiger partial charge in [0.2, 0.25) is 6.23 Å². The van der Waals surface area contributed by atoms with Gasteiger partial charge in [0.15, 0.2) is 6.10 Å². The lowest BCUT2D eigenvalue weighted by atomic mass is 9.95. The fourth-order valence-corrected chi connectivity index (χ4v) is 7.53. The van der Waals surface area contributed by atoms with Crippen molar-refractivity contribution in [1.29, 1.82) is 0 Å². The Hall–Kier alpha value is -0.280. The standard InChI is InChI=1S/C39H80NO6/c1-3-5-7-9-11-13-15-16-17-18-19-20-22-24-26-28-31-40(32-29-33-41,30-27-25-23-21-14-12-10-8-6-4-2)39-38(45)37(44)36(43)35(34-42)46-39/h35-39,41-45H,3-34H2,1-2H3/q+1/t35-,36-,37+,38-,39?,40?/m1/s1. The fourth-order valence-electron chi connectivity index (χ4n) is 7.53. The molecule has 7 heteroatoms. The van der Waals surface area contributed by atoms with E-state index in [1.54, 1.807) is 0 Å². The van der Waals surface area contributed by atoms with Crippen LogP contribution in [0.3, 0.4) is 0 Å². The number of rotatable bonds is 33. The minimum atomic E-state index is -1.36. The van der Waals surface area contributed by atoms with Crippen LogP contribution in [-0.4, -0.2) is 93.5 Å². The highest BCUT2D eigenvalue weighted by atomic mass is 16.6. The Morgan fingerprint density at radius 2 is 0.739 bits per heavy atom. The normalized spacial score (nSPS) is 23.2. The molecule has 0 radical (unpaired) electrons. The minimum Gasteiger partial charge on any atom is -0.396 e. The SMILES string of the molecule is CCCCCCCCCCCCCCCCCC[N+](CCCO)(CCCCCCCCCCCC)C1O[C@H](CO)[C@@H](O)[C@H](O)[C@H]1O. The van der Waals surface area contributed by atoms with E-state index in [1.165, 1.54) is 141 Å². The largest absolute Gasteiger partial charge is 0.396 e. The fraction of sp³-hybridized carbons (Fsp3) is 1.00. The van der Waals surface area contributed by atoms with Gasteiger partial charge in [-0.2, -0.15) is 0 Å². The molecule has 0 aliphatic carbocycles. The maximum absolute atomic E-state index is 11.2. The number of nitrogens with zero attached hydrogens (tertiary/aromatic N) is 1. The second-order valence-corrected chi connectivity index (χ2v) is 14.7. The third kappa shape index (κ3) is 19.0. The van der Waals surface area contributed by atoms with E-state index in [4.69, 9.17) is 4.74 Å². The van der Waals surface area contributed by atoms with Gasteiger partial charge in [-0.15, -0.1) is 0 Å². The van der Waals surface area contributed by atoms with E-state index >= 15 is 0 Å². The molecule has 1 heterocycles. The Morgan fingerprint density at radius 1 is 0.413 bits per heavy atom. The number of aliphatic hydroxyl groups excluding tert-OH is 5. The van der Waals surface area contributed by atoms with Gasteiger partial charge in [0, 0.05) is 13.0 Å². The average Bonchev–Trinajstić information content (AvgIpc) is 3.06. The van der Waals surface area contributed by atoms with Crippen LogP contribution in [0.1, 0.15) is 187 Å². The van der Waals surface area contributed by atoms with E-state index in [2.05, 4.69) is 13.8 Å². The molecule has 5 N–H and O–H groups in total. The lowest BCUT2D eigenvalue weighted by Gasteiger charge is -2.51. The van der Waals surface area contributed by atoms with Crippen LogP contribution in [0.2, 0.25) is 0 Å². The van der Waals surface area contributed by atoms with Crippen molar-refractivity contribution >= 4 is 0 Å². The zero-order valence-corrected chi connectivity index (χ0v) is 30.6. The summed E-state index contributed by atoms with van der Waals surface area (Å²) in [5, 5.41) is 52.0. The van der Waals surface area contributed by atoms with E-state index in [1.807, 2.05) is 0 Å². The zero-order valence-electron chi connectivity index (χ0n) is 30.6. The molecule has 0 aromatic heterocycles. The molecule has 0 saturated carbocycles. The van der Waals surface area contributed by atoms with Crippen LogP contribution < -0.4 is 0 Å². The number of unbranched alkanes of at least 4 members (excludes halogenated alkanes) is 24. The molecular formula is C39H80NO6+. The van der Waals surface area contributed by atoms with Crippen molar-refractivity contribution in [2.24, 2.45) is 0 Å². The summed E-state index contributed by atoms with van der Waals surface area (Å²) >= 11 is 0. The average molecular weight is 659 g/mol. The Bertz CT molecular complexity index is 652. The maximum Gasteiger partial charge on any atom is 0.222 e. The van der Waals surface area contributed by atoms with Crippen LogP contribution in [-0.2, 0) is 4.74 Å². The van der Waals surface area contributed by atoms with E-state index in [0.717, 1.165) is 38.8 Å². The van der Waals surface area contributed by atoms with Crippen molar-refractivity contribution in [3.8, 4) is 0 Å². The lowest BCUT2D eigenvalue weighted by Crippen LogP contribution is -2.70. The Balaban J connectivity index is 2.54. The van der Waals surface area contributed by atoms with Crippen LogP contribution >= 0.6 is 0 Å². The van der Waals surface area contributed by atoms with Crippen LogP contribution in [0.4, 0.5) is 0 Å². The van der Waals surface area contributed by atoms with Crippen molar-refractivity contribution < 1.29 is 34.8 Å². The van der Waals surface area contributed by atoms with Gasteiger partial charge >= 0.3 is 0 Å². The topological polar surface area (TPSA) is 110 Å². The van der Waals surface area contributed by atoms with E-state index in [0.29, 0.717) is 17.4 Å². The summed E-state index contributed by atoms with van der Waals surface area (Å²) in [5.41, 5.74) is 0. The quantitative estimate of drug-likeness (QED) is 0.0360. The Kier molecular flexibility index (Phi) is 28.2. The molecule has 1 saturated heterocycles. The van der Waals surface area contributed by atoms with Crippen molar-refractivity contribution in [2.45, 2.75) is 218 Å². The highest BCUT2D eigenvalue weighted by molar-refractivity contribution is 4.89. The van der Waals surface area contributed by atoms with Gasteiger partial charge in [-0.05, 0) is 25.7 Å². The van der Waals surface area contributed by atoms with Crippen molar-refractivity contribution in [3.05, 3.63) is 0 Å². The van der Waals surface area contributed by atoms with Crippen LogP contribution in [0.5, 0.6) is 0 Å². The molecule has 2 unspecified atom stereocenters. The van der Waals surface area contributed by atoms with Gasteiger partial charge in [-0.3, -0.25) is 4.48 Å². The molecule has 0 bridgehead atoms. The van der Waals surface area contributed by atoms with Crippen LogP contribution in [0.25, 0.3) is 0 Å². The van der Waals surface area contributed by atoms with Crippen LogP contribution in [0, 0.1) is 0 Å². The van der Waals surface area contributed by atoms with E-state index in [9.17, 15) is 25.5 Å². The highest BCUT2D eigenvalue weighted by Crippen LogP contribution is 2.31. The summed E-state index contributed by atoms with van der Waals surface area (Å²) in [6.45, 7) is 6.45. The number of aliphatic hydroxyl groups is 5. The molecule has 46 heavy (non-hydrogen) atoms. The first-order valence-electron chi connectivity index (χ1n) is 20.2. The molecule has 276 valence electrons. The van der Waals surface area contributed by atoms with E-state index < -0.39 is 37.3 Å². The summed E-state index contributed by atoms with van der Waals surface area (Å²) in [6.07, 6.45) is 28.6. The van der Waals surface area contributed by atoms with Gasteiger partial charge in [0.05, 0.1) is 26.2 Å². The molecule has 1 aliphatic rings. The molecule has 0 amide bonds. The van der Waals surface area contributed by atoms with Crippen LogP contribution in [0.15, 0.2) is 0 Å². The summed E-state index contributed by atoms with van der Waals surface area (Å²) < 4.78 is 6.67. The number of quaternary nitrogens is 1. The molecule has 0 spiro atoms. The zero-order chi connectivity index (χ0) is 33.7. The molecule has 0 aromatic carbocycles. The first kappa shape index (κ1) is 43.7. The van der Waals surface area contributed by atoms with Gasteiger partial charge < -0.3 is 30.3 Å². The minimum absolute atomic E-state index is 0.0639. The van der Waals surface area contributed by atoms with E-state index in [-0.39, 0.29) is 6.61 Å². The number of hydrogen-bond acceptors (Lipinski definition) is 6. The number of ether oxygens (including phenoxy) is 1. The van der Waals surface area contributed by atoms with Crippen molar-refractivity contribution in [3.63, 3.8) is 0 Å². The monoisotopic (exact) mass is 659 g/mol. The summed E-state index contributed by atoms with van der Waals surface area (Å²) in [6, 6.07) is 0. The van der Waals surface area contributed by atoms with Gasteiger partial charge in [0.1, 0.15) is 18.3 Å². The lowest BCUT2D eigenvalue weighted by molar-refractivity contribution is -0.979. The smallest absolute Gasteiger partial charge is 0.222 e. The molecule has 7 nitrogen and oxygen atoms in total. The third-order valence-electron chi connectivity index (χ3n) is 10.6. The maximum atomic E-state index is 11.2. The van der Waals surface area contributed by atoms with Gasteiger partial charge in [0.25, 0.3) is 0 Å². The molecule has 1 fully saturated rings.